The minimum absolute atomic E-state index is 0.370. The van der Waals surface area contributed by atoms with Gasteiger partial charge in [0.15, 0.2) is 11.5 Å². The highest BCUT2D eigenvalue weighted by molar-refractivity contribution is 8.46. The second-order valence-electron chi connectivity index (χ2n) is 3.06. The Hall–Kier alpha value is -1.11. The number of hydrogen-bond acceptors (Lipinski definition) is 1. The van der Waals surface area contributed by atoms with E-state index < -0.39 is 21.8 Å². The summed E-state index contributed by atoms with van der Waals surface area (Å²) in [6, 6.07) is 6.20. The van der Waals surface area contributed by atoms with E-state index in [1.54, 1.807) is 0 Å². The molecule has 0 aliphatic rings. The van der Waals surface area contributed by atoms with Gasteiger partial charge in [-0.3, -0.25) is 4.79 Å². The van der Waals surface area contributed by atoms with Crippen molar-refractivity contribution in [3.05, 3.63) is 35.9 Å². The van der Waals surface area contributed by atoms with Gasteiger partial charge in [-0.25, -0.2) is 0 Å². The van der Waals surface area contributed by atoms with Crippen molar-refractivity contribution in [1.29, 1.82) is 0 Å². The molecule has 0 saturated carbocycles. The van der Waals surface area contributed by atoms with Gasteiger partial charge < -0.3 is 0 Å². The quantitative estimate of drug-likeness (QED) is 0.578. The van der Waals surface area contributed by atoms with Gasteiger partial charge in [-0.15, -0.1) is 0 Å². The predicted octanol–water partition coefficient (Wildman–Crippen LogP) is 4.17. The lowest BCUT2D eigenvalue weighted by Gasteiger charge is -2.39. The van der Waals surface area contributed by atoms with E-state index in [0.29, 0.717) is 0 Å². The minimum atomic E-state index is -9.65. The van der Waals surface area contributed by atoms with E-state index in [1.165, 1.54) is 18.2 Å². The molecule has 1 aromatic carbocycles. The van der Waals surface area contributed by atoms with Crippen LogP contribution in [0.15, 0.2) is 30.3 Å². The Bertz CT molecular complexity index is 381. The van der Waals surface area contributed by atoms with Crippen LogP contribution >= 0.6 is 10.2 Å². The molecule has 0 atom stereocenters. The lowest BCUT2D eigenvalue weighted by molar-refractivity contribution is 0.101. The second kappa shape index (κ2) is 2.72. The standard InChI is InChI=1S/C8H7F5OS/c9-15(10,11,12,13)6-8(14)7-4-2-1-3-5-7/h1-5H,6H2. The summed E-state index contributed by atoms with van der Waals surface area (Å²) in [6.45, 7) is 0. The molecule has 0 heterocycles. The van der Waals surface area contributed by atoms with Crippen LogP contribution in [0.4, 0.5) is 19.4 Å². The van der Waals surface area contributed by atoms with Gasteiger partial charge in [-0.05, 0) is 0 Å². The summed E-state index contributed by atoms with van der Waals surface area (Å²) >= 11 is 0. The maximum absolute atomic E-state index is 11.9. The van der Waals surface area contributed by atoms with E-state index in [9.17, 15) is 24.2 Å². The molecule has 0 amide bonds. The first kappa shape index (κ1) is 12.0. The summed E-state index contributed by atoms with van der Waals surface area (Å²) in [5.74, 6) is -4.29. The molecule has 15 heavy (non-hydrogen) atoms. The molecule has 86 valence electrons. The van der Waals surface area contributed by atoms with Crippen molar-refractivity contribution in [2.75, 3.05) is 5.75 Å². The molecule has 0 unspecified atom stereocenters. The monoisotopic (exact) mass is 246 g/mol. The normalized spacial score (nSPS) is 16.6. The maximum Gasteiger partial charge on any atom is 0.292 e. The number of carbonyl (C=O) groups excluding carboxylic acids is 1. The smallest absolute Gasteiger partial charge is 0.292 e. The van der Waals surface area contributed by atoms with Crippen LogP contribution in [0.2, 0.25) is 0 Å². The molecule has 0 aromatic heterocycles. The first-order valence-corrected chi connectivity index (χ1v) is 5.90. The van der Waals surface area contributed by atoms with Crippen molar-refractivity contribution in [3.8, 4) is 0 Å². The highest BCUT2D eigenvalue weighted by atomic mass is 32.5. The maximum atomic E-state index is 11.9. The lowest BCUT2D eigenvalue weighted by atomic mass is 10.2. The van der Waals surface area contributed by atoms with Crippen molar-refractivity contribution >= 4 is 16.0 Å². The SMILES string of the molecule is O=C(CS(F)(F)(F)(F)F)c1ccccc1. The molecule has 7 heteroatoms. The molecule has 0 aliphatic carbocycles. The zero-order chi connectivity index (χ0) is 11.8. The Labute approximate surface area is 82.6 Å². The van der Waals surface area contributed by atoms with Crippen molar-refractivity contribution in [1.82, 2.24) is 0 Å². The van der Waals surface area contributed by atoms with Crippen molar-refractivity contribution in [2.45, 2.75) is 0 Å². The van der Waals surface area contributed by atoms with Gasteiger partial charge in [0, 0.05) is 5.56 Å². The zero-order valence-corrected chi connectivity index (χ0v) is 8.12. The van der Waals surface area contributed by atoms with Gasteiger partial charge in [0.1, 0.15) is 0 Å². The van der Waals surface area contributed by atoms with Gasteiger partial charge >= 0.3 is 0 Å². The van der Waals surface area contributed by atoms with Gasteiger partial charge in [0.2, 0.25) is 0 Å². The van der Waals surface area contributed by atoms with Gasteiger partial charge in [0.05, 0.1) is 0 Å². The lowest BCUT2D eigenvalue weighted by Crippen LogP contribution is -2.19. The average Bonchev–Trinajstić information content (AvgIpc) is 2.00. The Kier molecular flexibility index (Phi) is 2.17. The van der Waals surface area contributed by atoms with Crippen LogP contribution in [0.1, 0.15) is 10.4 Å². The number of carbonyl (C=O) groups is 1. The molecular weight excluding hydrogens is 239 g/mol. The number of Topliss-reactive ketones (excluding diaryl/α,β-unsaturated/α-hetero) is 1. The second-order valence-corrected chi connectivity index (χ2v) is 5.61. The Morgan fingerprint density at radius 3 is 1.87 bits per heavy atom. The topological polar surface area (TPSA) is 17.1 Å². The molecule has 0 saturated heterocycles. The summed E-state index contributed by atoms with van der Waals surface area (Å²) in [5.41, 5.74) is -0.370. The van der Waals surface area contributed by atoms with Crippen LogP contribution in [0.5, 0.6) is 0 Å². The van der Waals surface area contributed by atoms with Gasteiger partial charge in [-0.2, -0.15) is 0 Å². The fraction of sp³-hybridized carbons (Fsp3) is 0.125. The average molecular weight is 246 g/mol. The number of ketones is 1. The molecule has 0 aliphatic heterocycles. The molecule has 1 aromatic rings. The Morgan fingerprint density at radius 1 is 1.00 bits per heavy atom. The fourth-order valence-corrected chi connectivity index (χ4v) is 1.62. The first-order chi connectivity index (χ1) is 6.47. The third kappa shape index (κ3) is 4.78. The van der Waals surface area contributed by atoms with E-state index in [-0.39, 0.29) is 5.56 Å². The van der Waals surface area contributed by atoms with Gasteiger partial charge in [-0.1, -0.05) is 49.8 Å². The highest BCUT2D eigenvalue weighted by Gasteiger charge is 2.64. The number of hydrogen-bond donors (Lipinski definition) is 0. The van der Waals surface area contributed by atoms with Crippen LogP contribution < -0.4 is 0 Å². The first-order valence-electron chi connectivity index (χ1n) is 3.78. The van der Waals surface area contributed by atoms with Crippen LogP contribution in [0.3, 0.4) is 0 Å². The molecule has 0 N–H and O–H groups in total. The fourth-order valence-electron chi connectivity index (χ4n) is 0.955. The third-order valence-corrected chi connectivity index (χ3v) is 2.31. The summed E-state index contributed by atoms with van der Waals surface area (Å²) < 4.78 is 59.7. The van der Waals surface area contributed by atoms with E-state index in [4.69, 9.17) is 0 Å². The molecule has 0 fully saturated rings. The van der Waals surface area contributed by atoms with Crippen LogP contribution in [-0.2, 0) is 0 Å². The Balaban J connectivity index is 2.93. The van der Waals surface area contributed by atoms with Crippen LogP contribution in [-0.4, -0.2) is 11.5 Å². The molecule has 1 rings (SSSR count). The minimum Gasteiger partial charge on any atom is -0.293 e. The Morgan fingerprint density at radius 2 is 1.47 bits per heavy atom. The van der Waals surface area contributed by atoms with Crippen LogP contribution in [0, 0.1) is 0 Å². The molecule has 1 nitrogen and oxygen atoms in total. The van der Waals surface area contributed by atoms with Crippen molar-refractivity contribution < 1.29 is 24.2 Å². The van der Waals surface area contributed by atoms with Crippen molar-refractivity contribution in [2.24, 2.45) is 0 Å². The highest BCUT2D eigenvalue weighted by Crippen LogP contribution is 2.97. The van der Waals surface area contributed by atoms with Crippen molar-refractivity contribution in [3.63, 3.8) is 0 Å². The molecule has 0 bridgehead atoms. The number of halogens is 5. The molecule has 0 radical (unpaired) electrons. The largest absolute Gasteiger partial charge is 0.293 e. The van der Waals surface area contributed by atoms with E-state index in [0.717, 1.165) is 12.1 Å². The summed E-state index contributed by atoms with van der Waals surface area (Å²) in [5, 5.41) is 0. The molecular formula is C8H7F5OS. The summed E-state index contributed by atoms with van der Waals surface area (Å²) in [6.07, 6.45) is 0. The summed E-state index contributed by atoms with van der Waals surface area (Å²) in [4.78, 5) is 10.9. The van der Waals surface area contributed by atoms with E-state index in [1.807, 2.05) is 0 Å². The van der Waals surface area contributed by atoms with E-state index in [2.05, 4.69) is 0 Å². The van der Waals surface area contributed by atoms with Gasteiger partial charge in [0.25, 0.3) is 10.2 Å². The zero-order valence-electron chi connectivity index (χ0n) is 7.30. The third-order valence-electron chi connectivity index (χ3n) is 1.50. The molecule has 0 spiro atoms. The summed E-state index contributed by atoms with van der Waals surface area (Å²) in [7, 11) is -9.65. The van der Waals surface area contributed by atoms with E-state index >= 15 is 0 Å². The number of benzene rings is 1. The van der Waals surface area contributed by atoms with Crippen LogP contribution in [0.25, 0.3) is 0 Å². The number of rotatable bonds is 3. The predicted molar refractivity (Wildman–Crippen MR) is 48.8 cm³/mol.